The molecule has 116 valence electrons. The van der Waals surface area contributed by atoms with Crippen LogP contribution < -0.4 is 5.32 Å². The van der Waals surface area contributed by atoms with Crippen LogP contribution in [0.3, 0.4) is 0 Å². The van der Waals surface area contributed by atoms with Crippen LogP contribution >= 0.6 is 11.3 Å². The van der Waals surface area contributed by atoms with Gasteiger partial charge in [-0.25, -0.2) is 4.98 Å². The second-order valence-corrected chi connectivity index (χ2v) is 6.00. The quantitative estimate of drug-likeness (QED) is 0.838. The maximum atomic E-state index is 11.9. The highest BCUT2D eigenvalue weighted by molar-refractivity contribution is 7.13. The Morgan fingerprint density at radius 2 is 2.19 bits per heavy atom. The van der Waals surface area contributed by atoms with Gasteiger partial charge in [-0.1, -0.05) is 0 Å². The zero-order chi connectivity index (χ0) is 15.2. The van der Waals surface area contributed by atoms with Crippen molar-refractivity contribution in [2.75, 3.05) is 31.6 Å². The lowest BCUT2D eigenvalue weighted by Gasteiger charge is -2.30. The molecule has 2 heterocycles. The number of aryl methyl sites for hydroxylation is 1. The molecule has 1 aliphatic rings. The number of rotatable bonds is 5. The molecular weight excluding hydrogens is 290 g/mol. The number of anilines is 1. The minimum Gasteiger partial charge on any atom is -0.466 e. The van der Waals surface area contributed by atoms with Gasteiger partial charge in [0, 0.05) is 5.38 Å². The van der Waals surface area contributed by atoms with Gasteiger partial charge in [-0.2, -0.15) is 0 Å². The number of carbonyl (C=O) groups is 2. The summed E-state index contributed by atoms with van der Waals surface area (Å²) in [6, 6.07) is 0. The molecule has 1 aliphatic heterocycles. The molecule has 1 fully saturated rings. The van der Waals surface area contributed by atoms with Crippen molar-refractivity contribution in [2.24, 2.45) is 5.92 Å². The van der Waals surface area contributed by atoms with Gasteiger partial charge in [-0.05, 0) is 39.8 Å². The Balaban J connectivity index is 1.73. The average Bonchev–Trinajstić information content (AvgIpc) is 2.85. The number of likely N-dealkylation sites (tertiary alicyclic amines) is 1. The molecule has 1 N–H and O–H groups in total. The van der Waals surface area contributed by atoms with Crippen LogP contribution in [0.2, 0.25) is 0 Å². The Labute approximate surface area is 128 Å². The topological polar surface area (TPSA) is 71.5 Å². The molecule has 2 rings (SSSR count). The third-order valence-corrected chi connectivity index (χ3v) is 4.32. The maximum absolute atomic E-state index is 11.9. The van der Waals surface area contributed by atoms with E-state index in [0.29, 0.717) is 18.3 Å². The monoisotopic (exact) mass is 311 g/mol. The summed E-state index contributed by atoms with van der Waals surface area (Å²) in [5.74, 6) is -0.190. The summed E-state index contributed by atoms with van der Waals surface area (Å²) in [7, 11) is 0. The Bertz CT molecular complexity index is 495. The zero-order valence-corrected chi connectivity index (χ0v) is 13.2. The van der Waals surface area contributed by atoms with E-state index >= 15 is 0 Å². The van der Waals surface area contributed by atoms with Crippen molar-refractivity contribution in [3.63, 3.8) is 0 Å². The number of nitrogens with one attached hydrogen (secondary N) is 1. The predicted octanol–water partition coefficient (Wildman–Crippen LogP) is 1.67. The van der Waals surface area contributed by atoms with Crippen LogP contribution in [0.5, 0.6) is 0 Å². The SMILES string of the molecule is CCOC(=O)C1CCN(CC(=O)Nc2nc(C)cs2)CC1. The van der Waals surface area contributed by atoms with Crippen molar-refractivity contribution in [2.45, 2.75) is 26.7 Å². The molecule has 0 atom stereocenters. The molecule has 1 saturated heterocycles. The van der Waals surface area contributed by atoms with Gasteiger partial charge in [0.2, 0.25) is 5.91 Å². The van der Waals surface area contributed by atoms with Crippen molar-refractivity contribution in [1.82, 2.24) is 9.88 Å². The van der Waals surface area contributed by atoms with E-state index in [4.69, 9.17) is 4.74 Å². The van der Waals surface area contributed by atoms with Crippen LogP contribution in [0.25, 0.3) is 0 Å². The van der Waals surface area contributed by atoms with E-state index in [-0.39, 0.29) is 17.8 Å². The molecule has 0 aromatic carbocycles. The van der Waals surface area contributed by atoms with E-state index in [1.165, 1.54) is 11.3 Å². The molecule has 0 bridgehead atoms. The molecule has 0 aliphatic carbocycles. The Morgan fingerprint density at radius 1 is 1.48 bits per heavy atom. The molecular formula is C14H21N3O3S. The Kier molecular flexibility index (Phi) is 5.69. The number of thiazole rings is 1. The van der Waals surface area contributed by atoms with Gasteiger partial charge in [0.25, 0.3) is 0 Å². The average molecular weight is 311 g/mol. The van der Waals surface area contributed by atoms with E-state index in [9.17, 15) is 9.59 Å². The summed E-state index contributed by atoms with van der Waals surface area (Å²) in [4.78, 5) is 29.8. The number of hydrogen-bond donors (Lipinski definition) is 1. The van der Waals surface area contributed by atoms with Gasteiger partial charge in [-0.15, -0.1) is 11.3 Å². The van der Waals surface area contributed by atoms with E-state index in [2.05, 4.69) is 15.2 Å². The number of esters is 1. The fourth-order valence-electron chi connectivity index (χ4n) is 2.36. The van der Waals surface area contributed by atoms with E-state index in [0.717, 1.165) is 31.6 Å². The summed E-state index contributed by atoms with van der Waals surface area (Å²) in [5.41, 5.74) is 0.908. The van der Waals surface area contributed by atoms with Gasteiger partial charge in [0.15, 0.2) is 5.13 Å². The number of nitrogens with zero attached hydrogens (tertiary/aromatic N) is 2. The molecule has 1 aromatic heterocycles. The highest BCUT2D eigenvalue weighted by Gasteiger charge is 2.26. The zero-order valence-electron chi connectivity index (χ0n) is 12.4. The molecule has 0 spiro atoms. The van der Waals surface area contributed by atoms with Gasteiger partial charge in [-0.3, -0.25) is 14.5 Å². The fourth-order valence-corrected chi connectivity index (χ4v) is 3.06. The minimum absolute atomic E-state index is 0.0223. The number of ether oxygens (including phenoxy) is 1. The summed E-state index contributed by atoms with van der Waals surface area (Å²) in [6.45, 7) is 5.97. The molecule has 0 radical (unpaired) electrons. The van der Waals surface area contributed by atoms with Crippen LogP contribution in [-0.4, -0.2) is 48.0 Å². The number of hydrogen-bond acceptors (Lipinski definition) is 6. The highest BCUT2D eigenvalue weighted by atomic mass is 32.1. The minimum atomic E-state index is -0.111. The maximum Gasteiger partial charge on any atom is 0.309 e. The predicted molar refractivity (Wildman–Crippen MR) is 81.3 cm³/mol. The third kappa shape index (κ3) is 4.78. The molecule has 21 heavy (non-hydrogen) atoms. The first-order valence-electron chi connectivity index (χ1n) is 7.19. The highest BCUT2D eigenvalue weighted by Crippen LogP contribution is 2.19. The molecule has 1 aromatic rings. The molecule has 0 unspecified atom stereocenters. The lowest BCUT2D eigenvalue weighted by Crippen LogP contribution is -2.41. The first-order chi connectivity index (χ1) is 10.1. The van der Waals surface area contributed by atoms with Crippen molar-refractivity contribution < 1.29 is 14.3 Å². The molecule has 0 saturated carbocycles. The van der Waals surface area contributed by atoms with Gasteiger partial charge >= 0.3 is 5.97 Å². The summed E-state index contributed by atoms with van der Waals surface area (Å²) >= 11 is 1.43. The van der Waals surface area contributed by atoms with Crippen molar-refractivity contribution >= 4 is 28.3 Å². The fraction of sp³-hybridized carbons (Fsp3) is 0.643. The van der Waals surface area contributed by atoms with Crippen molar-refractivity contribution in [3.8, 4) is 0 Å². The number of aromatic nitrogens is 1. The number of amides is 1. The largest absolute Gasteiger partial charge is 0.466 e. The van der Waals surface area contributed by atoms with Gasteiger partial charge in [0.1, 0.15) is 0 Å². The van der Waals surface area contributed by atoms with Crippen LogP contribution in [0, 0.1) is 12.8 Å². The number of piperidine rings is 1. The normalized spacial score (nSPS) is 16.7. The Morgan fingerprint density at radius 3 is 2.76 bits per heavy atom. The van der Waals surface area contributed by atoms with Crippen LogP contribution in [0.1, 0.15) is 25.5 Å². The van der Waals surface area contributed by atoms with Crippen LogP contribution in [0.15, 0.2) is 5.38 Å². The van der Waals surface area contributed by atoms with Crippen molar-refractivity contribution in [3.05, 3.63) is 11.1 Å². The molecule has 6 nitrogen and oxygen atoms in total. The van der Waals surface area contributed by atoms with E-state index < -0.39 is 0 Å². The van der Waals surface area contributed by atoms with Gasteiger partial charge < -0.3 is 10.1 Å². The Hall–Kier alpha value is -1.47. The molecule has 7 heteroatoms. The summed E-state index contributed by atoms with van der Waals surface area (Å²) in [6.07, 6.45) is 1.50. The second-order valence-electron chi connectivity index (χ2n) is 5.14. The number of carbonyl (C=O) groups excluding carboxylic acids is 2. The van der Waals surface area contributed by atoms with E-state index in [1.54, 1.807) is 0 Å². The smallest absolute Gasteiger partial charge is 0.309 e. The van der Waals surface area contributed by atoms with Crippen LogP contribution in [0.4, 0.5) is 5.13 Å². The van der Waals surface area contributed by atoms with Gasteiger partial charge in [0.05, 0.1) is 24.8 Å². The van der Waals surface area contributed by atoms with Crippen molar-refractivity contribution in [1.29, 1.82) is 0 Å². The van der Waals surface area contributed by atoms with Crippen LogP contribution in [-0.2, 0) is 14.3 Å². The third-order valence-electron chi connectivity index (χ3n) is 3.44. The first kappa shape index (κ1) is 15.9. The lowest BCUT2D eigenvalue weighted by molar-refractivity contribution is -0.149. The standard InChI is InChI=1S/C14H21N3O3S/c1-3-20-13(19)11-4-6-17(7-5-11)8-12(18)16-14-15-10(2)9-21-14/h9,11H,3-8H2,1-2H3,(H,15,16,18). The lowest BCUT2D eigenvalue weighted by atomic mass is 9.97. The van der Waals surface area contributed by atoms with E-state index in [1.807, 2.05) is 19.2 Å². The summed E-state index contributed by atoms with van der Waals surface area (Å²) in [5, 5.41) is 5.34. The first-order valence-corrected chi connectivity index (χ1v) is 8.07. The molecule has 1 amide bonds. The summed E-state index contributed by atoms with van der Waals surface area (Å²) < 4.78 is 5.04. The second kappa shape index (κ2) is 7.51.